The van der Waals surface area contributed by atoms with Gasteiger partial charge >= 0.3 is 6.18 Å². The molecule has 1 N–H and O–H groups in total. The number of halogens is 4. The number of ketones is 1. The lowest BCUT2D eigenvalue weighted by Gasteiger charge is -2.26. The summed E-state index contributed by atoms with van der Waals surface area (Å²) in [6.45, 7) is 4.57. The number of nitrogens with one attached hydrogen (secondary N) is 1. The number of nitrogens with zero attached hydrogens (tertiary/aromatic N) is 1. The Labute approximate surface area is 118 Å². The van der Waals surface area contributed by atoms with E-state index in [1.54, 1.807) is 0 Å². The third-order valence-corrected chi connectivity index (χ3v) is 3.19. The number of carbonyl (C=O) groups excluding carboxylic acids is 1. The van der Waals surface area contributed by atoms with Gasteiger partial charge in [-0.1, -0.05) is 0 Å². The monoisotopic (exact) mass is 344 g/mol. The van der Waals surface area contributed by atoms with Gasteiger partial charge < -0.3 is 10.1 Å². The van der Waals surface area contributed by atoms with Gasteiger partial charge in [0.25, 0.3) is 5.78 Å². The minimum absolute atomic E-state index is 0.508. The molecule has 0 radical (unpaired) electrons. The molecular weight excluding hydrogens is 329 g/mol. The summed E-state index contributed by atoms with van der Waals surface area (Å²) >= 11 is 2.61. The molecule has 0 spiro atoms. The van der Waals surface area contributed by atoms with E-state index in [0.29, 0.717) is 6.54 Å². The summed E-state index contributed by atoms with van der Waals surface area (Å²) in [5.74, 6) is -1.88. The molecule has 0 amide bonds. The Morgan fingerprint density at radius 3 is 2.58 bits per heavy atom. The molecule has 1 aliphatic rings. The highest BCUT2D eigenvalue weighted by molar-refractivity contribution is 9.12. The number of rotatable bonds is 6. The van der Waals surface area contributed by atoms with Crippen LogP contribution in [0.15, 0.2) is 10.7 Å². The van der Waals surface area contributed by atoms with Crippen molar-refractivity contribution in [2.75, 3.05) is 39.4 Å². The quantitative estimate of drug-likeness (QED) is 0.587. The van der Waals surface area contributed by atoms with Crippen LogP contribution >= 0.6 is 15.9 Å². The Morgan fingerprint density at radius 1 is 1.37 bits per heavy atom. The van der Waals surface area contributed by atoms with Crippen molar-refractivity contribution in [3.05, 3.63) is 10.7 Å². The van der Waals surface area contributed by atoms with E-state index in [1.165, 1.54) is 0 Å². The fraction of sp³-hybridized carbons (Fsp3) is 0.727. The van der Waals surface area contributed by atoms with Crippen LogP contribution in [-0.4, -0.2) is 56.3 Å². The van der Waals surface area contributed by atoms with Crippen LogP contribution < -0.4 is 5.32 Å². The summed E-state index contributed by atoms with van der Waals surface area (Å²) in [6, 6.07) is 0. The summed E-state index contributed by atoms with van der Waals surface area (Å²) in [5, 5.41) is 2.69. The third-order valence-electron chi connectivity index (χ3n) is 2.60. The Hall–Kier alpha value is -0.600. The number of ether oxygens (including phenoxy) is 1. The van der Waals surface area contributed by atoms with Gasteiger partial charge in [0, 0.05) is 25.8 Å². The molecule has 0 bridgehead atoms. The maximum Gasteiger partial charge on any atom is 0.455 e. The number of alkyl halides is 3. The highest BCUT2D eigenvalue weighted by Gasteiger charge is 2.39. The molecule has 1 heterocycles. The zero-order valence-corrected chi connectivity index (χ0v) is 11.9. The molecular formula is C11H16BrF3N2O2. The first kappa shape index (κ1) is 16.5. The summed E-state index contributed by atoms with van der Waals surface area (Å²) in [6.07, 6.45) is -3.00. The zero-order valence-electron chi connectivity index (χ0n) is 10.3. The molecule has 0 unspecified atom stereocenters. The summed E-state index contributed by atoms with van der Waals surface area (Å²) < 4.78 is 40.8. The van der Waals surface area contributed by atoms with Crippen molar-refractivity contribution < 1.29 is 22.7 Å². The van der Waals surface area contributed by atoms with Crippen LogP contribution in [0.3, 0.4) is 0 Å². The second kappa shape index (κ2) is 7.86. The van der Waals surface area contributed by atoms with E-state index in [2.05, 4.69) is 26.1 Å². The lowest BCUT2D eigenvalue weighted by atomic mass is 10.3. The van der Waals surface area contributed by atoms with Gasteiger partial charge in [0.15, 0.2) is 0 Å². The van der Waals surface area contributed by atoms with Crippen molar-refractivity contribution in [3.8, 4) is 0 Å². The van der Waals surface area contributed by atoms with E-state index in [9.17, 15) is 18.0 Å². The van der Waals surface area contributed by atoms with Gasteiger partial charge in [-0.25, -0.2) is 0 Å². The summed E-state index contributed by atoms with van der Waals surface area (Å²) in [5.41, 5.74) is 0. The molecule has 0 aliphatic carbocycles. The van der Waals surface area contributed by atoms with Crippen LogP contribution in [0.25, 0.3) is 0 Å². The molecule has 110 valence electrons. The Kier molecular flexibility index (Phi) is 6.81. The predicted octanol–water partition coefficient (Wildman–Crippen LogP) is 1.67. The molecule has 0 aromatic carbocycles. The van der Waals surface area contributed by atoms with Gasteiger partial charge in [0.2, 0.25) is 0 Å². The van der Waals surface area contributed by atoms with Gasteiger partial charge in [0.1, 0.15) is 0 Å². The fourth-order valence-corrected chi connectivity index (χ4v) is 1.98. The standard InChI is InChI=1S/C11H16BrF3N2O2/c12-9(10(18)11(13,14)15)8-16-2-1-3-17-4-6-19-7-5-17/h8,16H,1-7H2/b9-8-. The highest BCUT2D eigenvalue weighted by Crippen LogP contribution is 2.23. The molecule has 1 rings (SSSR count). The normalized spacial score (nSPS) is 18.4. The van der Waals surface area contributed by atoms with E-state index >= 15 is 0 Å². The van der Waals surface area contributed by atoms with Crippen molar-refractivity contribution in [2.24, 2.45) is 0 Å². The first-order chi connectivity index (χ1) is 8.91. The molecule has 8 heteroatoms. The second-order valence-electron chi connectivity index (χ2n) is 4.08. The summed E-state index contributed by atoms with van der Waals surface area (Å²) in [7, 11) is 0. The first-order valence-electron chi connectivity index (χ1n) is 5.92. The largest absolute Gasteiger partial charge is 0.455 e. The van der Waals surface area contributed by atoms with Crippen molar-refractivity contribution in [1.29, 1.82) is 0 Å². The number of carbonyl (C=O) groups is 1. The van der Waals surface area contributed by atoms with Gasteiger partial charge in [-0.3, -0.25) is 9.69 Å². The van der Waals surface area contributed by atoms with Crippen molar-refractivity contribution in [3.63, 3.8) is 0 Å². The number of Topliss-reactive ketones (excluding diaryl/α,β-unsaturated/α-hetero) is 1. The maximum absolute atomic E-state index is 12.1. The van der Waals surface area contributed by atoms with Gasteiger partial charge in [-0.2, -0.15) is 13.2 Å². The molecule has 0 aromatic rings. The van der Waals surface area contributed by atoms with Crippen LogP contribution in [0.4, 0.5) is 13.2 Å². The van der Waals surface area contributed by atoms with Crippen LogP contribution in [0.1, 0.15) is 6.42 Å². The van der Waals surface area contributed by atoms with E-state index in [0.717, 1.165) is 45.5 Å². The number of hydrogen-bond acceptors (Lipinski definition) is 4. The van der Waals surface area contributed by atoms with Gasteiger partial charge in [-0.05, 0) is 28.9 Å². The van der Waals surface area contributed by atoms with E-state index < -0.39 is 16.4 Å². The average molecular weight is 345 g/mol. The molecule has 1 saturated heterocycles. The zero-order chi connectivity index (χ0) is 14.3. The SMILES string of the molecule is O=C(/C(Br)=C/NCCCN1CCOCC1)C(F)(F)F. The van der Waals surface area contributed by atoms with E-state index in [-0.39, 0.29) is 0 Å². The molecule has 0 aromatic heterocycles. The molecule has 1 fully saturated rings. The Balaban J connectivity index is 2.17. The van der Waals surface area contributed by atoms with Crippen LogP contribution in [0.2, 0.25) is 0 Å². The van der Waals surface area contributed by atoms with E-state index in [1.807, 2.05) is 0 Å². The van der Waals surface area contributed by atoms with Gasteiger partial charge in [-0.15, -0.1) is 0 Å². The summed E-state index contributed by atoms with van der Waals surface area (Å²) in [4.78, 5) is 13.0. The van der Waals surface area contributed by atoms with Crippen LogP contribution in [0, 0.1) is 0 Å². The third kappa shape index (κ3) is 6.40. The number of morpholine rings is 1. The van der Waals surface area contributed by atoms with Crippen LogP contribution in [-0.2, 0) is 9.53 Å². The first-order valence-corrected chi connectivity index (χ1v) is 6.71. The minimum Gasteiger partial charge on any atom is -0.390 e. The van der Waals surface area contributed by atoms with Crippen molar-refractivity contribution >= 4 is 21.7 Å². The number of hydrogen-bond donors (Lipinski definition) is 1. The van der Waals surface area contributed by atoms with E-state index in [4.69, 9.17) is 4.74 Å². The molecule has 1 aliphatic heterocycles. The smallest absolute Gasteiger partial charge is 0.390 e. The molecule has 4 nitrogen and oxygen atoms in total. The predicted molar refractivity (Wildman–Crippen MR) is 68.0 cm³/mol. The van der Waals surface area contributed by atoms with Crippen molar-refractivity contribution in [2.45, 2.75) is 12.6 Å². The minimum atomic E-state index is -4.84. The Morgan fingerprint density at radius 2 is 2.00 bits per heavy atom. The molecule has 19 heavy (non-hydrogen) atoms. The average Bonchev–Trinajstić information content (AvgIpc) is 2.37. The highest BCUT2D eigenvalue weighted by atomic mass is 79.9. The number of allylic oxidation sites excluding steroid dienone is 1. The van der Waals surface area contributed by atoms with Crippen molar-refractivity contribution in [1.82, 2.24) is 10.2 Å². The lowest BCUT2D eigenvalue weighted by Crippen LogP contribution is -2.37. The Bertz CT molecular complexity index is 328. The topological polar surface area (TPSA) is 41.6 Å². The van der Waals surface area contributed by atoms with Crippen LogP contribution in [0.5, 0.6) is 0 Å². The second-order valence-corrected chi connectivity index (χ2v) is 4.94. The lowest BCUT2D eigenvalue weighted by molar-refractivity contribution is -0.165. The van der Waals surface area contributed by atoms with Gasteiger partial charge in [0.05, 0.1) is 17.7 Å². The fourth-order valence-electron chi connectivity index (χ4n) is 1.59. The maximum atomic E-state index is 12.1. The molecule has 0 saturated carbocycles. The molecule has 0 atom stereocenters.